The summed E-state index contributed by atoms with van der Waals surface area (Å²) in [6, 6.07) is 5.21. The fourth-order valence-corrected chi connectivity index (χ4v) is 3.03. The number of benzene rings is 1. The zero-order valence-electron chi connectivity index (χ0n) is 12.1. The number of carbonyl (C=O) groups is 2. The predicted molar refractivity (Wildman–Crippen MR) is 83.4 cm³/mol. The topological polar surface area (TPSA) is 66.8 Å². The van der Waals surface area contributed by atoms with Crippen molar-refractivity contribution >= 4 is 35.1 Å². The first kappa shape index (κ1) is 17.1. The summed E-state index contributed by atoms with van der Waals surface area (Å²) in [5.41, 5.74) is 0.881. The number of carboxylic acids is 1. The molecule has 0 heterocycles. The van der Waals surface area contributed by atoms with Gasteiger partial charge in [0, 0.05) is 29.6 Å². The number of carboxylic acid groups (broad SMARTS) is 1. The van der Waals surface area contributed by atoms with E-state index in [2.05, 4.69) is 0 Å². The number of hydrogen-bond donors (Lipinski definition) is 1. The van der Waals surface area contributed by atoms with Crippen LogP contribution in [-0.2, 0) is 14.3 Å². The predicted octanol–water partition coefficient (Wildman–Crippen LogP) is 2.66. The Hall–Kier alpha value is -1.30. The molecule has 1 aromatic rings. The van der Waals surface area contributed by atoms with Gasteiger partial charge in [-0.15, -0.1) is 0 Å². The van der Waals surface area contributed by atoms with E-state index in [9.17, 15) is 9.59 Å². The van der Waals surface area contributed by atoms with Crippen LogP contribution in [0.15, 0.2) is 18.2 Å². The van der Waals surface area contributed by atoms with Crippen LogP contribution in [0.1, 0.15) is 17.9 Å². The van der Waals surface area contributed by atoms with Crippen LogP contribution in [0.5, 0.6) is 0 Å². The molecule has 22 heavy (non-hydrogen) atoms. The van der Waals surface area contributed by atoms with E-state index in [-0.39, 0.29) is 30.8 Å². The zero-order chi connectivity index (χ0) is 16.3. The standard InChI is InChI=1S/C15H17Cl2NO4/c1-22-5-4-18(8-14(19)20)15(21)12-7-11(12)10-3-2-9(16)6-13(10)17/h2-3,6,11-12H,4-5,7-8H2,1H3,(H,19,20). The summed E-state index contributed by atoms with van der Waals surface area (Å²) in [6.45, 7) is 0.247. The maximum atomic E-state index is 12.4. The first-order chi connectivity index (χ1) is 10.4. The lowest BCUT2D eigenvalue weighted by Crippen LogP contribution is -2.39. The maximum absolute atomic E-state index is 12.4. The Labute approximate surface area is 138 Å². The number of amides is 1. The molecule has 0 radical (unpaired) electrons. The third kappa shape index (κ3) is 4.12. The molecule has 1 amide bonds. The molecule has 1 saturated carbocycles. The summed E-state index contributed by atoms with van der Waals surface area (Å²) in [7, 11) is 1.51. The van der Waals surface area contributed by atoms with Gasteiger partial charge in [0.15, 0.2) is 0 Å². The molecule has 0 aromatic heterocycles. The van der Waals surface area contributed by atoms with Crippen molar-refractivity contribution in [1.82, 2.24) is 4.90 Å². The molecular weight excluding hydrogens is 329 g/mol. The number of nitrogens with zero attached hydrogens (tertiary/aromatic N) is 1. The highest BCUT2D eigenvalue weighted by Gasteiger charge is 2.46. The molecule has 1 N–H and O–H groups in total. The Morgan fingerprint density at radius 3 is 2.73 bits per heavy atom. The monoisotopic (exact) mass is 345 g/mol. The molecule has 1 aliphatic carbocycles. The van der Waals surface area contributed by atoms with Gasteiger partial charge in [-0.05, 0) is 30.0 Å². The van der Waals surface area contributed by atoms with Crippen molar-refractivity contribution in [3.8, 4) is 0 Å². The smallest absolute Gasteiger partial charge is 0.323 e. The minimum Gasteiger partial charge on any atom is -0.480 e. The van der Waals surface area contributed by atoms with E-state index in [0.717, 1.165) is 5.56 Å². The van der Waals surface area contributed by atoms with Gasteiger partial charge in [0.05, 0.1) is 6.61 Å². The van der Waals surface area contributed by atoms with Crippen molar-refractivity contribution in [1.29, 1.82) is 0 Å². The fourth-order valence-electron chi connectivity index (χ4n) is 2.48. The summed E-state index contributed by atoms with van der Waals surface area (Å²) < 4.78 is 4.93. The molecule has 120 valence electrons. The Balaban J connectivity index is 2.05. The summed E-state index contributed by atoms with van der Waals surface area (Å²) in [5.74, 6) is -1.41. The number of rotatable bonds is 7. The Kier molecular flexibility index (Phi) is 5.67. The molecule has 0 aliphatic heterocycles. The normalized spacial score (nSPS) is 19.8. The molecule has 1 aromatic carbocycles. The van der Waals surface area contributed by atoms with Crippen molar-refractivity contribution in [2.24, 2.45) is 5.92 Å². The number of methoxy groups -OCH3 is 1. The molecule has 2 unspecified atom stereocenters. The third-order valence-corrected chi connectivity index (χ3v) is 4.24. The number of aliphatic carboxylic acids is 1. The van der Waals surface area contributed by atoms with Gasteiger partial charge >= 0.3 is 5.97 Å². The highest BCUT2D eigenvalue weighted by atomic mass is 35.5. The van der Waals surface area contributed by atoms with Gasteiger partial charge in [0.1, 0.15) is 6.54 Å². The molecule has 1 aliphatic rings. The quantitative estimate of drug-likeness (QED) is 0.824. The van der Waals surface area contributed by atoms with Crippen LogP contribution in [0, 0.1) is 5.92 Å². The van der Waals surface area contributed by atoms with Gasteiger partial charge in [-0.3, -0.25) is 9.59 Å². The molecule has 1 fully saturated rings. The van der Waals surface area contributed by atoms with Crippen molar-refractivity contribution < 1.29 is 19.4 Å². The van der Waals surface area contributed by atoms with Crippen LogP contribution in [0.2, 0.25) is 10.0 Å². The molecule has 2 rings (SSSR count). The molecule has 0 spiro atoms. The van der Waals surface area contributed by atoms with E-state index in [4.69, 9.17) is 33.0 Å². The van der Waals surface area contributed by atoms with E-state index >= 15 is 0 Å². The fraction of sp³-hybridized carbons (Fsp3) is 0.467. The van der Waals surface area contributed by atoms with Gasteiger partial charge in [-0.1, -0.05) is 29.3 Å². The number of halogens is 2. The minimum absolute atomic E-state index is 0.0242. The number of carbonyl (C=O) groups excluding carboxylic acids is 1. The van der Waals surface area contributed by atoms with Crippen molar-refractivity contribution in [2.75, 3.05) is 26.8 Å². The van der Waals surface area contributed by atoms with E-state index in [1.54, 1.807) is 12.1 Å². The Bertz CT molecular complexity index is 579. The average molecular weight is 346 g/mol. The number of hydrogen-bond acceptors (Lipinski definition) is 3. The lowest BCUT2D eigenvalue weighted by Gasteiger charge is -2.20. The van der Waals surface area contributed by atoms with Crippen LogP contribution in [0.4, 0.5) is 0 Å². The minimum atomic E-state index is -1.04. The lowest BCUT2D eigenvalue weighted by molar-refractivity contribution is -0.145. The van der Waals surface area contributed by atoms with Gasteiger partial charge < -0.3 is 14.7 Å². The Morgan fingerprint density at radius 1 is 1.41 bits per heavy atom. The second-order valence-corrected chi connectivity index (χ2v) is 6.10. The van der Waals surface area contributed by atoms with E-state index in [0.29, 0.717) is 23.1 Å². The largest absolute Gasteiger partial charge is 0.480 e. The van der Waals surface area contributed by atoms with Gasteiger partial charge in [-0.25, -0.2) is 0 Å². The van der Waals surface area contributed by atoms with Crippen LogP contribution in [-0.4, -0.2) is 48.7 Å². The highest BCUT2D eigenvalue weighted by molar-refractivity contribution is 6.35. The molecule has 7 heteroatoms. The second-order valence-electron chi connectivity index (χ2n) is 5.26. The summed E-state index contributed by atoms with van der Waals surface area (Å²) in [5, 5.41) is 10.0. The molecular formula is C15H17Cl2NO4. The summed E-state index contributed by atoms with van der Waals surface area (Å²) in [6.07, 6.45) is 0.670. The van der Waals surface area contributed by atoms with Crippen molar-refractivity contribution in [3.63, 3.8) is 0 Å². The molecule has 0 saturated heterocycles. The summed E-state index contributed by atoms with van der Waals surface area (Å²) >= 11 is 12.0. The summed E-state index contributed by atoms with van der Waals surface area (Å²) in [4.78, 5) is 24.7. The molecule has 5 nitrogen and oxygen atoms in total. The van der Waals surface area contributed by atoms with Gasteiger partial charge in [0.25, 0.3) is 0 Å². The second kappa shape index (κ2) is 7.31. The van der Waals surface area contributed by atoms with Crippen LogP contribution in [0.3, 0.4) is 0 Å². The molecule has 2 atom stereocenters. The van der Waals surface area contributed by atoms with Crippen molar-refractivity contribution in [2.45, 2.75) is 12.3 Å². The average Bonchev–Trinajstić information content (AvgIpc) is 3.22. The zero-order valence-corrected chi connectivity index (χ0v) is 13.6. The van der Waals surface area contributed by atoms with Gasteiger partial charge in [-0.2, -0.15) is 0 Å². The third-order valence-electron chi connectivity index (χ3n) is 3.67. The molecule has 0 bridgehead atoms. The van der Waals surface area contributed by atoms with Crippen LogP contribution < -0.4 is 0 Å². The highest BCUT2D eigenvalue weighted by Crippen LogP contribution is 2.50. The number of ether oxygens (including phenoxy) is 1. The van der Waals surface area contributed by atoms with Crippen LogP contribution >= 0.6 is 23.2 Å². The van der Waals surface area contributed by atoms with Crippen LogP contribution in [0.25, 0.3) is 0 Å². The van der Waals surface area contributed by atoms with Crippen molar-refractivity contribution in [3.05, 3.63) is 33.8 Å². The van der Waals surface area contributed by atoms with E-state index in [1.165, 1.54) is 12.0 Å². The lowest BCUT2D eigenvalue weighted by atomic mass is 10.1. The van der Waals surface area contributed by atoms with E-state index in [1.807, 2.05) is 6.07 Å². The SMILES string of the molecule is COCCN(CC(=O)O)C(=O)C1CC1c1ccc(Cl)cc1Cl. The maximum Gasteiger partial charge on any atom is 0.323 e. The first-order valence-electron chi connectivity index (χ1n) is 6.88. The first-order valence-corrected chi connectivity index (χ1v) is 7.64. The Morgan fingerprint density at radius 2 is 2.14 bits per heavy atom. The van der Waals surface area contributed by atoms with E-state index < -0.39 is 5.97 Å². The van der Waals surface area contributed by atoms with Gasteiger partial charge in [0.2, 0.25) is 5.91 Å².